The van der Waals surface area contributed by atoms with E-state index in [2.05, 4.69) is 5.10 Å². The van der Waals surface area contributed by atoms with Gasteiger partial charge in [-0.2, -0.15) is 5.10 Å². The summed E-state index contributed by atoms with van der Waals surface area (Å²) in [5, 5.41) is 8.14. The molecule has 1 unspecified atom stereocenters. The fourth-order valence-electron chi connectivity index (χ4n) is 4.80. The van der Waals surface area contributed by atoms with Crippen molar-refractivity contribution < 1.29 is 18.0 Å². The van der Waals surface area contributed by atoms with Crippen LogP contribution in [0.3, 0.4) is 0 Å². The summed E-state index contributed by atoms with van der Waals surface area (Å²) in [7, 11) is -4.10. The van der Waals surface area contributed by atoms with Crippen LogP contribution < -0.4 is 0 Å². The molecule has 6 rings (SSSR count). The maximum absolute atomic E-state index is 13.5. The zero-order valence-corrected chi connectivity index (χ0v) is 19.9. The number of rotatable bonds is 4. The number of amides is 2. The Balaban J connectivity index is 1.35. The summed E-state index contributed by atoms with van der Waals surface area (Å²) in [6.45, 7) is -0.617. The summed E-state index contributed by atoms with van der Waals surface area (Å²) in [5.74, 6) is -1.27. The van der Waals surface area contributed by atoms with Gasteiger partial charge in [0, 0.05) is 6.42 Å². The Kier molecular flexibility index (Phi) is 5.19. The van der Waals surface area contributed by atoms with Gasteiger partial charge >= 0.3 is 0 Å². The number of hydrazone groups is 1. The van der Waals surface area contributed by atoms with Crippen molar-refractivity contribution in [3.8, 4) is 0 Å². The second-order valence-electron chi connectivity index (χ2n) is 8.79. The monoisotopic (exact) mass is 495 g/mol. The highest BCUT2D eigenvalue weighted by Gasteiger charge is 2.44. The smallest absolute Gasteiger partial charge is 0.269 e. The number of sulfonamides is 1. The van der Waals surface area contributed by atoms with Crippen molar-refractivity contribution in [1.29, 1.82) is 0 Å². The maximum Gasteiger partial charge on any atom is 0.269 e. The van der Waals surface area contributed by atoms with E-state index < -0.39 is 34.4 Å². The molecule has 1 atom stereocenters. The summed E-state index contributed by atoms with van der Waals surface area (Å²) < 4.78 is 26.7. The van der Waals surface area contributed by atoms with Crippen LogP contribution in [-0.2, 0) is 14.8 Å². The highest BCUT2D eigenvalue weighted by molar-refractivity contribution is 7.90. The first-order valence-corrected chi connectivity index (χ1v) is 13.0. The summed E-state index contributed by atoms with van der Waals surface area (Å²) in [6, 6.07) is 29.1. The standard InChI is InChI=1S/C28H21N3O4S/c32-27(18-30-28(33)23-12-6-7-13-26(23)36(30,34)35)31-25(20-9-2-1-3-10-20)17-24(29-31)22-15-14-19-8-4-5-11-21(19)16-22/h1-16,25H,17-18H2. The largest absolute Gasteiger partial charge is 0.271 e. The van der Waals surface area contributed by atoms with Crippen molar-refractivity contribution in [3.05, 3.63) is 114 Å². The maximum atomic E-state index is 13.5. The van der Waals surface area contributed by atoms with E-state index in [1.54, 1.807) is 12.1 Å². The third-order valence-electron chi connectivity index (χ3n) is 6.62. The van der Waals surface area contributed by atoms with Crippen LogP contribution in [0.2, 0.25) is 0 Å². The van der Waals surface area contributed by atoms with E-state index in [0.717, 1.165) is 27.6 Å². The van der Waals surface area contributed by atoms with Gasteiger partial charge in [-0.05, 0) is 40.1 Å². The van der Waals surface area contributed by atoms with E-state index in [0.29, 0.717) is 10.7 Å². The molecular formula is C28H21N3O4S. The molecule has 0 aromatic heterocycles. The second-order valence-corrected chi connectivity index (χ2v) is 10.6. The molecule has 2 aliphatic rings. The van der Waals surface area contributed by atoms with E-state index in [1.807, 2.05) is 72.8 Å². The molecule has 2 amide bonds. The summed E-state index contributed by atoms with van der Waals surface area (Å²) in [6.07, 6.45) is 0.467. The van der Waals surface area contributed by atoms with Crippen LogP contribution in [0.15, 0.2) is 107 Å². The zero-order valence-electron chi connectivity index (χ0n) is 19.1. The van der Waals surface area contributed by atoms with Gasteiger partial charge in [0.1, 0.15) is 11.4 Å². The Morgan fingerprint density at radius 1 is 0.861 bits per heavy atom. The van der Waals surface area contributed by atoms with Crippen molar-refractivity contribution in [2.45, 2.75) is 17.4 Å². The third-order valence-corrected chi connectivity index (χ3v) is 8.41. The molecule has 0 bridgehead atoms. The predicted molar refractivity (Wildman–Crippen MR) is 136 cm³/mol. The molecule has 0 fully saturated rings. The summed E-state index contributed by atoms with van der Waals surface area (Å²) in [5.41, 5.74) is 2.57. The normalized spacial score (nSPS) is 18.4. The average Bonchev–Trinajstić information content (AvgIpc) is 3.44. The minimum atomic E-state index is -4.10. The van der Waals surface area contributed by atoms with Crippen LogP contribution in [0.4, 0.5) is 0 Å². The van der Waals surface area contributed by atoms with Gasteiger partial charge in [0.25, 0.3) is 21.8 Å². The first-order chi connectivity index (χ1) is 17.4. The topological polar surface area (TPSA) is 87.1 Å². The van der Waals surface area contributed by atoms with Crippen molar-refractivity contribution >= 4 is 38.3 Å². The van der Waals surface area contributed by atoms with Crippen LogP contribution in [0.5, 0.6) is 0 Å². The Hall–Kier alpha value is -4.30. The number of carbonyl (C=O) groups excluding carboxylic acids is 2. The Bertz CT molecular complexity index is 1660. The van der Waals surface area contributed by atoms with Gasteiger partial charge in [-0.3, -0.25) is 9.59 Å². The number of fused-ring (bicyclic) bond motifs is 2. The van der Waals surface area contributed by atoms with Crippen molar-refractivity contribution in [1.82, 2.24) is 9.31 Å². The number of hydrogen-bond donors (Lipinski definition) is 0. The van der Waals surface area contributed by atoms with E-state index >= 15 is 0 Å². The fraction of sp³-hybridized carbons (Fsp3) is 0.107. The van der Waals surface area contributed by atoms with Crippen LogP contribution in [0.25, 0.3) is 10.8 Å². The average molecular weight is 496 g/mol. The molecule has 36 heavy (non-hydrogen) atoms. The lowest BCUT2D eigenvalue weighted by atomic mass is 9.97. The molecule has 7 nitrogen and oxygen atoms in total. The highest BCUT2D eigenvalue weighted by atomic mass is 32.2. The molecule has 0 N–H and O–H groups in total. The molecular weight excluding hydrogens is 474 g/mol. The number of nitrogens with zero attached hydrogens (tertiary/aromatic N) is 3. The molecule has 2 aliphatic heterocycles. The summed E-state index contributed by atoms with van der Waals surface area (Å²) >= 11 is 0. The SMILES string of the molecule is O=C(CN1C(=O)c2ccccc2S1(=O)=O)N1N=C(c2ccc3ccccc3c2)CC1c1ccccc1. The first kappa shape index (κ1) is 22.2. The predicted octanol–water partition coefficient (Wildman–Crippen LogP) is 4.36. The molecule has 0 aliphatic carbocycles. The molecule has 178 valence electrons. The highest BCUT2D eigenvalue weighted by Crippen LogP contribution is 2.35. The minimum absolute atomic E-state index is 0.0756. The van der Waals surface area contributed by atoms with Gasteiger partial charge in [0.2, 0.25) is 0 Å². The van der Waals surface area contributed by atoms with Gasteiger partial charge in [-0.15, -0.1) is 0 Å². The Labute approximate surface area is 208 Å². The van der Waals surface area contributed by atoms with Gasteiger partial charge < -0.3 is 0 Å². The quantitative estimate of drug-likeness (QED) is 0.421. The van der Waals surface area contributed by atoms with E-state index in [-0.39, 0.29) is 10.5 Å². The van der Waals surface area contributed by atoms with Crippen LogP contribution in [-0.4, -0.2) is 41.8 Å². The molecule has 4 aromatic carbocycles. The van der Waals surface area contributed by atoms with Crippen LogP contribution >= 0.6 is 0 Å². The number of carbonyl (C=O) groups is 2. The molecule has 0 radical (unpaired) electrons. The number of hydrogen-bond acceptors (Lipinski definition) is 5. The van der Waals surface area contributed by atoms with E-state index in [9.17, 15) is 18.0 Å². The zero-order chi connectivity index (χ0) is 24.9. The first-order valence-electron chi connectivity index (χ1n) is 11.5. The van der Waals surface area contributed by atoms with Crippen molar-refractivity contribution in [3.63, 3.8) is 0 Å². The minimum Gasteiger partial charge on any atom is -0.271 e. The van der Waals surface area contributed by atoms with Gasteiger partial charge in [0.15, 0.2) is 0 Å². The third kappa shape index (κ3) is 3.58. The van der Waals surface area contributed by atoms with Gasteiger partial charge in [0.05, 0.1) is 17.3 Å². The van der Waals surface area contributed by atoms with Crippen molar-refractivity contribution in [2.24, 2.45) is 5.10 Å². The Morgan fingerprint density at radius 2 is 1.56 bits per heavy atom. The molecule has 2 heterocycles. The lowest BCUT2D eigenvalue weighted by molar-refractivity contribution is -0.132. The second kappa shape index (κ2) is 8.42. The van der Waals surface area contributed by atoms with Crippen LogP contribution in [0.1, 0.15) is 33.9 Å². The molecule has 0 saturated heterocycles. The van der Waals surface area contributed by atoms with Crippen LogP contribution in [0, 0.1) is 0 Å². The Morgan fingerprint density at radius 3 is 2.33 bits per heavy atom. The lowest BCUT2D eigenvalue weighted by Gasteiger charge is -2.24. The molecule has 0 saturated carbocycles. The molecule has 8 heteroatoms. The van der Waals surface area contributed by atoms with Gasteiger partial charge in [-0.1, -0.05) is 78.9 Å². The lowest BCUT2D eigenvalue weighted by Crippen LogP contribution is -2.41. The van der Waals surface area contributed by atoms with E-state index in [4.69, 9.17) is 0 Å². The van der Waals surface area contributed by atoms with Crippen molar-refractivity contribution in [2.75, 3.05) is 6.54 Å². The summed E-state index contributed by atoms with van der Waals surface area (Å²) in [4.78, 5) is 26.3. The van der Waals surface area contributed by atoms with E-state index in [1.165, 1.54) is 17.1 Å². The fourth-order valence-corrected chi connectivity index (χ4v) is 6.32. The van der Waals surface area contributed by atoms with Gasteiger partial charge in [-0.25, -0.2) is 17.7 Å². The number of benzene rings is 4. The molecule has 0 spiro atoms. The molecule has 4 aromatic rings.